The lowest BCUT2D eigenvalue weighted by atomic mass is 10.3. The predicted octanol–water partition coefficient (Wildman–Crippen LogP) is 0.981. The van der Waals surface area contributed by atoms with Crippen LogP contribution in [0.5, 0.6) is 0 Å². The van der Waals surface area contributed by atoms with Crippen molar-refractivity contribution in [3.8, 4) is 0 Å². The molecule has 0 saturated heterocycles. The van der Waals surface area contributed by atoms with Crippen LogP contribution in [-0.4, -0.2) is 25.8 Å². The molecule has 2 rings (SSSR count). The van der Waals surface area contributed by atoms with Gasteiger partial charge >= 0.3 is 5.97 Å². The Morgan fingerprint density at radius 2 is 2.41 bits per heavy atom. The lowest BCUT2D eigenvalue weighted by Crippen LogP contribution is -1.99. The molecule has 7 nitrogen and oxygen atoms in total. The number of hydrogen-bond acceptors (Lipinski definition) is 6. The van der Waals surface area contributed by atoms with E-state index >= 15 is 0 Å². The van der Waals surface area contributed by atoms with Gasteiger partial charge in [0.1, 0.15) is 0 Å². The number of aromatic carboxylic acids is 1. The van der Waals surface area contributed by atoms with E-state index in [-0.39, 0.29) is 5.76 Å². The van der Waals surface area contributed by atoms with Crippen LogP contribution in [0.4, 0.5) is 5.95 Å². The zero-order valence-electron chi connectivity index (χ0n) is 8.95. The van der Waals surface area contributed by atoms with Crippen LogP contribution < -0.4 is 5.73 Å². The predicted molar refractivity (Wildman–Crippen MR) is 60.6 cm³/mol. The van der Waals surface area contributed by atoms with Crippen molar-refractivity contribution in [2.45, 2.75) is 10.9 Å². The van der Waals surface area contributed by atoms with E-state index in [4.69, 9.17) is 15.3 Å². The second-order valence-corrected chi connectivity index (χ2v) is 4.21. The molecule has 0 aliphatic heterocycles. The van der Waals surface area contributed by atoms with E-state index < -0.39 is 5.97 Å². The minimum atomic E-state index is -1.08. The molecule has 0 spiro atoms. The zero-order valence-corrected chi connectivity index (χ0v) is 9.77. The van der Waals surface area contributed by atoms with Crippen LogP contribution in [0.1, 0.15) is 16.1 Å². The van der Waals surface area contributed by atoms with Gasteiger partial charge in [0.25, 0.3) is 0 Å². The maximum Gasteiger partial charge on any atom is 0.372 e. The number of furan rings is 1. The van der Waals surface area contributed by atoms with Crippen LogP contribution in [-0.2, 0) is 12.8 Å². The van der Waals surface area contributed by atoms with Crippen LogP contribution >= 0.6 is 11.8 Å². The third-order valence-corrected chi connectivity index (χ3v) is 3.24. The van der Waals surface area contributed by atoms with Gasteiger partial charge < -0.3 is 15.3 Å². The Morgan fingerprint density at radius 1 is 1.65 bits per heavy atom. The van der Waals surface area contributed by atoms with Crippen molar-refractivity contribution in [3.05, 3.63) is 23.7 Å². The first-order chi connectivity index (χ1) is 8.09. The van der Waals surface area contributed by atoms with Gasteiger partial charge in [-0.2, -0.15) is 0 Å². The van der Waals surface area contributed by atoms with Gasteiger partial charge in [-0.15, -0.1) is 10.2 Å². The van der Waals surface area contributed by atoms with E-state index in [1.54, 1.807) is 17.7 Å². The molecular formula is C9H10N4O3S. The fraction of sp³-hybridized carbons (Fsp3) is 0.222. The summed E-state index contributed by atoms with van der Waals surface area (Å²) in [6.45, 7) is 0. The highest BCUT2D eigenvalue weighted by molar-refractivity contribution is 7.98. The third-order valence-electron chi connectivity index (χ3n) is 2.17. The smallest absolute Gasteiger partial charge is 0.372 e. The second kappa shape index (κ2) is 4.50. The topological polar surface area (TPSA) is 107 Å². The van der Waals surface area contributed by atoms with E-state index in [1.807, 2.05) is 0 Å². The molecule has 90 valence electrons. The average Bonchev–Trinajstić information content (AvgIpc) is 2.86. The van der Waals surface area contributed by atoms with E-state index in [0.29, 0.717) is 22.4 Å². The SMILES string of the molecule is Cn1c(N)nnc1SCc1ccoc1C(=O)O. The molecule has 2 heterocycles. The summed E-state index contributed by atoms with van der Waals surface area (Å²) in [6.07, 6.45) is 1.35. The molecule has 3 N–H and O–H groups in total. The minimum Gasteiger partial charge on any atom is -0.475 e. The standard InChI is InChI=1S/C9H10N4O3S/c1-13-8(10)11-12-9(13)17-4-5-2-3-16-6(5)7(14)15/h2-3H,4H2,1H3,(H2,10,11)(H,14,15). The molecule has 0 amide bonds. The normalized spacial score (nSPS) is 10.6. The first kappa shape index (κ1) is 11.5. The molecule has 0 atom stereocenters. The van der Waals surface area contributed by atoms with Crippen molar-refractivity contribution < 1.29 is 14.3 Å². The van der Waals surface area contributed by atoms with E-state index in [2.05, 4.69) is 10.2 Å². The molecule has 0 aromatic carbocycles. The van der Waals surface area contributed by atoms with Gasteiger partial charge in [-0.3, -0.25) is 4.57 Å². The molecule has 0 unspecified atom stereocenters. The average molecular weight is 254 g/mol. The summed E-state index contributed by atoms with van der Waals surface area (Å²) in [7, 11) is 1.74. The van der Waals surface area contributed by atoms with Gasteiger partial charge in [0, 0.05) is 18.4 Å². The first-order valence-electron chi connectivity index (χ1n) is 4.67. The van der Waals surface area contributed by atoms with Crippen LogP contribution in [0.2, 0.25) is 0 Å². The number of carbonyl (C=O) groups is 1. The van der Waals surface area contributed by atoms with E-state index in [1.165, 1.54) is 18.0 Å². The van der Waals surface area contributed by atoms with Crippen LogP contribution in [0.3, 0.4) is 0 Å². The fourth-order valence-corrected chi connectivity index (χ4v) is 2.13. The number of carboxylic acid groups (broad SMARTS) is 1. The molecule has 0 saturated carbocycles. The molecule has 2 aromatic rings. The van der Waals surface area contributed by atoms with E-state index in [9.17, 15) is 4.79 Å². The summed E-state index contributed by atoms with van der Waals surface area (Å²) in [5.41, 5.74) is 6.13. The number of rotatable bonds is 4. The van der Waals surface area contributed by atoms with Crippen molar-refractivity contribution in [3.63, 3.8) is 0 Å². The number of anilines is 1. The molecule has 0 fully saturated rings. The summed E-state index contributed by atoms with van der Waals surface area (Å²) in [6, 6.07) is 1.62. The maximum absolute atomic E-state index is 10.8. The molecule has 0 aliphatic rings. The molecule has 17 heavy (non-hydrogen) atoms. The van der Waals surface area contributed by atoms with Crippen LogP contribution in [0, 0.1) is 0 Å². The van der Waals surface area contributed by atoms with Crippen molar-refractivity contribution >= 4 is 23.7 Å². The van der Waals surface area contributed by atoms with Crippen molar-refractivity contribution in [1.82, 2.24) is 14.8 Å². The Hall–Kier alpha value is -1.96. The number of hydrogen-bond donors (Lipinski definition) is 2. The second-order valence-electron chi connectivity index (χ2n) is 3.27. The number of carboxylic acids is 1. The summed E-state index contributed by atoms with van der Waals surface area (Å²) in [5.74, 6) is -0.377. The van der Waals surface area contributed by atoms with Crippen LogP contribution in [0.15, 0.2) is 21.9 Å². The van der Waals surface area contributed by atoms with Gasteiger partial charge in [-0.1, -0.05) is 11.8 Å². The van der Waals surface area contributed by atoms with Gasteiger partial charge in [0.15, 0.2) is 5.16 Å². The lowest BCUT2D eigenvalue weighted by Gasteiger charge is -2.00. The van der Waals surface area contributed by atoms with Gasteiger partial charge in [-0.05, 0) is 6.07 Å². The minimum absolute atomic E-state index is 0.0485. The van der Waals surface area contributed by atoms with Crippen LogP contribution in [0.25, 0.3) is 0 Å². The highest BCUT2D eigenvalue weighted by Gasteiger charge is 2.15. The molecular weight excluding hydrogens is 244 g/mol. The molecule has 8 heteroatoms. The van der Waals surface area contributed by atoms with Gasteiger partial charge in [0.05, 0.1) is 6.26 Å². The molecule has 0 bridgehead atoms. The number of nitrogens with two attached hydrogens (primary N) is 1. The molecule has 0 aliphatic carbocycles. The lowest BCUT2D eigenvalue weighted by molar-refractivity contribution is 0.0661. The van der Waals surface area contributed by atoms with Gasteiger partial charge in [0.2, 0.25) is 11.7 Å². The summed E-state index contributed by atoms with van der Waals surface area (Å²) >= 11 is 1.34. The number of thioether (sulfide) groups is 1. The van der Waals surface area contributed by atoms with Gasteiger partial charge in [-0.25, -0.2) is 4.79 Å². The van der Waals surface area contributed by atoms with Crippen molar-refractivity contribution in [2.24, 2.45) is 7.05 Å². The molecule has 2 aromatic heterocycles. The largest absolute Gasteiger partial charge is 0.475 e. The Kier molecular flexibility index (Phi) is 3.05. The number of nitrogens with zero attached hydrogens (tertiary/aromatic N) is 3. The van der Waals surface area contributed by atoms with E-state index in [0.717, 1.165) is 0 Å². The number of aromatic nitrogens is 3. The fourth-order valence-electron chi connectivity index (χ4n) is 1.23. The summed E-state index contributed by atoms with van der Waals surface area (Å²) < 4.78 is 6.50. The van der Waals surface area contributed by atoms with Crippen molar-refractivity contribution in [1.29, 1.82) is 0 Å². The maximum atomic E-state index is 10.8. The van der Waals surface area contributed by atoms with Crippen molar-refractivity contribution in [2.75, 3.05) is 5.73 Å². The summed E-state index contributed by atoms with van der Waals surface area (Å²) in [4.78, 5) is 10.8. The zero-order chi connectivity index (χ0) is 12.4. The first-order valence-corrected chi connectivity index (χ1v) is 5.65. The molecule has 0 radical (unpaired) electrons. The third kappa shape index (κ3) is 2.26. The Labute approximate surface area is 101 Å². The number of nitrogen functional groups attached to an aromatic ring is 1. The monoisotopic (exact) mass is 254 g/mol. The highest BCUT2D eigenvalue weighted by atomic mass is 32.2. The highest BCUT2D eigenvalue weighted by Crippen LogP contribution is 2.24. The Bertz CT molecular complexity index is 548. The Morgan fingerprint density at radius 3 is 3.00 bits per heavy atom. The summed E-state index contributed by atoms with van der Waals surface area (Å²) in [5, 5.41) is 17.0. The quantitative estimate of drug-likeness (QED) is 0.783. The Balaban J connectivity index is 2.10.